The second kappa shape index (κ2) is 9.99. The van der Waals surface area contributed by atoms with E-state index in [9.17, 15) is 4.79 Å². The Bertz CT molecular complexity index is 892. The predicted molar refractivity (Wildman–Crippen MR) is 112 cm³/mol. The highest BCUT2D eigenvalue weighted by Gasteiger charge is 2.12. The Morgan fingerprint density at radius 1 is 1.14 bits per heavy atom. The van der Waals surface area contributed by atoms with Gasteiger partial charge in [-0.3, -0.25) is 4.79 Å². The Kier molecular flexibility index (Phi) is 7.14. The highest BCUT2D eigenvalue weighted by Crippen LogP contribution is 2.26. The number of ether oxygens (including phenoxy) is 1. The number of carbonyl (C=O) groups is 1. The van der Waals surface area contributed by atoms with Crippen LogP contribution in [0.4, 0.5) is 0 Å². The Morgan fingerprint density at radius 3 is 2.61 bits per heavy atom. The summed E-state index contributed by atoms with van der Waals surface area (Å²) < 4.78 is 11.3. The van der Waals surface area contributed by atoms with Crippen LogP contribution < -0.4 is 10.1 Å². The van der Waals surface area contributed by atoms with Crippen molar-refractivity contribution in [2.24, 2.45) is 0 Å². The van der Waals surface area contributed by atoms with E-state index in [1.807, 2.05) is 68.4 Å². The highest BCUT2D eigenvalue weighted by molar-refractivity contribution is 7.99. The predicted octanol–water partition coefficient (Wildman–Crippen LogP) is 4.60. The molecule has 0 spiro atoms. The maximum Gasteiger partial charge on any atom is 0.230 e. The van der Waals surface area contributed by atoms with Crippen LogP contribution in [0, 0.1) is 6.92 Å². The molecule has 0 fully saturated rings. The minimum absolute atomic E-state index is 0.0155. The largest absolute Gasteiger partial charge is 0.494 e. The van der Waals surface area contributed by atoms with Crippen LogP contribution in [0.1, 0.15) is 23.9 Å². The third-order valence-corrected chi connectivity index (χ3v) is 5.05. The Balaban J connectivity index is 1.49. The molecule has 0 radical (unpaired) electrons. The Hall–Kier alpha value is -2.73. The molecule has 1 aromatic heterocycles. The smallest absolute Gasteiger partial charge is 0.230 e. The van der Waals surface area contributed by atoms with Crippen LogP contribution in [0.3, 0.4) is 0 Å². The van der Waals surface area contributed by atoms with Crippen LogP contribution in [-0.2, 0) is 17.1 Å². The fourth-order valence-electron chi connectivity index (χ4n) is 2.63. The summed E-state index contributed by atoms with van der Waals surface area (Å²) in [5.74, 6) is 3.22. The van der Waals surface area contributed by atoms with Crippen molar-refractivity contribution in [2.45, 2.75) is 26.1 Å². The van der Waals surface area contributed by atoms with Crippen LogP contribution in [-0.4, -0.2) is 23.3 Å². The number of amides is 1. The average Bonchev–Trinajstić information content (AvgIpc) is 3.09. The van der Waals surface area contributed by atoms with E-state index in [4.69, 9.17) is 9.15 Å². The maximum atomic E-state index is 12.0. The molecular formula is C22H24N2O3S. The van der Waals surface area contributed by atoms with Gasteiger partial charge >= 0.3 is 0 Å². The van der Waals surface area contributed by atoms with Crippen LogP contribution in [0.25, 0.3) is 11.5 Å². The van der Waals surface area contributed by atoms with Gasteiger partial charge in [-0.2, -0.15) is 0 Å². The van der Waals surface area contributed by atoms with Crippen molar-refractivity contribution in [3.63, 3.8) is 0 Å². The molecule has 146 valence electrons. The summed E-state index contributed by atoms with van der Waals surface area (Å²) in [7, 11) is 0. The molecule has 0 saturated carbocycles. The van der Waals surface area contributed by atoms with Gasteiger partial charge in [-0.15, -0.1) is 11.8 Å². The minimum atomic E-state index is 0.0155. The van der Waals surface area contributed by atoms with Gasteiger partial charge in [-0.05, 0) is 43.7 Å². The average molecular weight is 397 g/mol. The standard InChI is InChI=1S/C22H24N2O3S/c1-3-26-19-11-9-18(10-12-19)22-24-20(16(2)27-22)14-28-15-21(25)23-13-17-7-5-4-6-8-17/h4-12H,3,13-15H2,1-2H3,(H,23,25). The second-order valence-corrected chi connectivity index (χ2v) is 7.22. The highest BCUT2D eigenvalue weighted by atomic mass is 32.2. The minimum Gasteiger partial charge on any atom is -0.494 e. The van der Waals surface area contributed by atoms with Crippen LogP contribution in [0.2, 0.25) is 0 Å². The molecule has 6 heteroatoms. The molecule has 1 heterocycles. The number of nitrogens with zero attached hydrogens (tertiary/aromatic N) is 1. The van der Waals surface area contributed by atoms with E-state index in [-0.39, 0.29) is 5.91 Å². The van der Waals surface area contributed by atoms with E-state index in [1.54, 1.807) is 0 Å². The summed E-state index contributed by atoms with van der Waals surface area (Å²) in [6.07, 6.45) is 0. The van der Waals surface area contributed by atoms with Crippen molar-refractivity contribution >= 4 is 17.7 Å². The molecule has 0 unspecified atom stereocenters. The van der Waals surface area contributed by atoms with E-state index in [2.05, 4.69) is 10.3 Å². The van der Waals surface area contributed by atoms with Crippen LogP contribution in [0.15, 0.2) is 59.0 Å². The fraction of sp³-hybridized carbons (Fsp3) is 0.273. The number of rotatable bonds is 9. The van der Waals surface area contributed by atoms with Crippen molar-refractivity contribution < 1.29 is 13.9 Å². The zero-order valence-electron chi connectivity index (χ0n) is 16.1. The zero-order valence-corrected chi connectivity index (χ0v) is 16.9. The first-order chi connectivity index (χ1) is 13.7. The number of aryl methyl sites for hydroxylation is 1. The van der Waals surface area contributed by atoms with Gasteiger partial charge in [-0.1, -0.05) is 30.3 Å². The molecule has 5 nitrogen and oxygen atoms in total. The molecule has 1 amide bonds. The first-order valence-corrected chi connectivity index (χ1v) is 10.4. The third-order valence-electron chi connectivity index (χ3n) is 4.11. The van der Waals surface area contributed by atoms with Gasteiger partial charge in [-0.25, -0.2) is 4.98 Å². The summed E-state index contributed by atoms with van der Waals surface area (Å²) in [5.41, 5.74) is 2.86. The molecule has 0 bridgehead atoms. The van der Waals surface area contributed by atoms with Gasteiger partial charge in [0.05, 0.1) is 18.1 Å². The summed E-state index contributed by atoms with van der Waals surface area (Å²) in [6, 6.07) is 17.6. The molecule has 0 aliphatic rings. The van der Waals surface area contributed by atoms with E-state index in [0.29, 0.717) is 30.5 Å². The molecule has 3 rings (SSSR count). The number of aromatic nitrogens is 1. The van der Waals surface area contributed by atoms with E-state index in [1.165, 1.54) is 11.8 Å². The SMILES string of the molecule is CCOc1ccc(-c2nc(CSCC(=O)NCc3ccccc3)c(C)o2)cc1. The second-order valence-electron chi connectivity index (χ2n) is 6.23. The lowest BCUT2D eigenvalue weighted by molar-refractivity contribution is -0.118. The first kappa shape index (κ1) is 20.0. The quantitative estimate of drug-likeness (QED) is 0.573. The summed E-state index contributed by atoms with van der Waals surface area (Å²) >= 11 is 1.53. The number of benzene rings is 2. The zero-order chi connectivity index (χ0) is 19.8. The van der Waals surface area contributed by atoms with Crippen molar-refractivity contribution in [1.29, 1.82) is 0 Å². The van der Waals surface area contributed by atoms with Crippen molar-refractivity contribution in [3.05, 3.63) is 71.6 Å². The van der Waals surface area contributed by atoms with Gasteiger partial charge in [0.2, 0.25) is 11.8 Å². The summed E-state index contributed by atoms with van der Waals surface area (Å²) in [4.78, 5) is 16.6. The molecule has 0 aliphatic carbocycles. The summed E-state index contributed by atoms with van der Waals surface area (Å²) in [5, 5.41) is 2.93. The Labute approximate surface area is 169 Å². The molecule has 28 heavy (non-hydrogen) atoms. The van der Waals surface area contributed by atoms with Gasteiger partial charge in [0.1, 0.15) is 11.5 Å². The van der Waals surface area contributed by atoms with Gasteiger partial charge in [0, 0.05) is 17.9 Å². The summed E-state index contributed by atoms with van der Waals surface area (Å²) in [6.45, 7) is 5.04. The molecule has 2 aromatic carbocycles. The Morgan fingerprint density at radius 2 is 1.89 bits per heavy atom. The lowest BCUT2D eigenvalue weighted by atomic mass is 10.2. The lowest BCUT2D eigenvalue weighted by Gasteiger charge is -2.04. The first-order valence-electron chi connectivity index (χ1n) is 9.23. The molecule has 1 N–H and O–H groups in total. The van der Waals surface area contributed by atoms with E-state index in [0.717, 1.165) is 28.3 Å². The third kappa shape index (κ3) is 5.63. The van der Waals surface area contributed by atoms with Crippen molar-refractivity contribution in [1.82, 2.24) is 10.3 Å². The fourth-order valence-corrected chi connectivity index (χ4v) is 3.48. The topological polar surface area (TPSA) is 64.4 Å². The van der Waals surface area contributed by atoms with E-state index < -0.39 is 0 Å². The number of carbonyl (C=O) groups excluding carboxylic acids is 1. The maximum absolute atomic E-state index is 12.0. The molecule has 0 aliphatic heterocycles. The number of thioether (sulfide) groups is 1. The van der Waals surface area contributed by atoms with Crippen LogP contribution in [0.5, 0.6) is 5.75 Å². The number of hydrogen-bond acceptors (Lipinski definition) is 5. The molecule has 0 atom stereocenters. The normalized spacial score (nSPS) is 10.6. The monoisotopic (exact) mass is 396 g/mol. The lowest BCUT2D eigenvalue weighted by Crippen LogP contribution is -2.24. The number of oxazole rings is 1. The molecular weight excluding hydrogens is 372 g/mol. The van der Waals surface area contributed by atoms with Crippen LogP contribution >= 0.6 is 11.8 Å². The van der Waals surface area contributed by atoms with Crippen molar-refractivity contribution in [2.75, 3.05) is 12.4 Å². The molecule has 3 aromatic rings. The van der Waals surface area contributed by atoms with Crippen molar-refractivity contribution in [3.8, 4) is 17.2 Å². The van der Waals surface area contributed by atoms with Gasteiger partial charge in [0.25, 0.3) is 0 Å². The van der Waals surface area contributed by atoms with Gasteiger partial charge < -0.3 is 14.5 Å². The van der Waals surface area contributed by atoms with Gasteiger partial charge in [0.15, 0.2) is 0 Å². The number of hydrogen-bond donors (Lipinski definition) is 1. The van der Waals surface area contributed by atoms with E-state index >= 15 is 0 Å². The number of nitrogens with one attached hydrogen (secondary N) is 1. The molecule has 0 saturated heterocycles.